The Morgan fingerprint density at radius 2 is 2.04 bits per heavy atom. The van der Waals surface area contributed by atoms with Crippen LogP contribution in [-0.4, -0.2) is 22.7 Å². The van der Waals surface area contributed by atoms with Crippen LogP contribution in [0.5, 0.6) is 5.75 Å². The van der Waals surface area contributed by atoms with E-state index in [2.05, 4.69) is 15.5 Å². The number of carbonyl (C=O) groups excluding carboxylic acids is 1. The van der Waals surface area contributed by atoms with Crippen LogP contribution >= 0.6 is 11.8 Å². The number of carbonyl (C=O) groups is 1. The number of thioether (sulfide) groups is 1. The minimum absolute atomic E-state index is 0.0303. The first-order chi connectivity index (χ1) is 13.2. The van der Waals surface area contributed by atoms with Gasteiger partial charge in [0, 0.05) is 22.4 Å². The maximum Gasteiger partial charge on any atom is 0.251 e. The topological polar surface area (TPSA) is 77.2 Å². The largest absolute Gasteiger partial charge is 0.493 e. The molecule has 0 fully saturated rings. The summed E-state index contributed by atoms with van der Waals surface area (Å²) in [4.78, 5) is 17.8. The van der Waals surface area contributed by atoms with E-state index in [9.17, 15) is 4.79 Å². The normalized spacial score (nSPS) is 15.7. The molecule has 1 atom stereocenters. The van der Waals surface area contributed by atoms with Gasteiger partial charge in [-0.15, -0.1) is 11.8 Å². The lowest BCUT2D eigenvalue weighted by Crippen LogP contribution is -2.32. The van der Waals surface area contributed by atoms with Crippen LogP contribution < -0.4 is 10.1 Å². The molecule has 7 heteroatoms. The number of hydrogen-bond donors (Lipinski definition) is 1. The number of nitrogens with one attached hydrogen (secondary N) is 1. The van der Waals surface area contributed by atoms with Crippen LogP contribution in [-0.2, 0) is 5.75 Å². The van der Waals surface area contributed by atoms with Crippen LogP contribution in [0.1, 0.15) is 40.1 Å². The summed E-state index contributed by atoms with van der Waals surface area (Å²) in [5, 5.41) is 6.89. The number of hydrogen-bond acceptors (Lipinski definition) is 6. The van der Waals surface area contributed by atoms with Gasteiger partial charge in [-0.2, -0.15) is 4.98 Å². The van der Waals surface area contributed by atoms with Gasteiger partial charge >= 0.3 is 0 Å². The first-order valence-electron chi connectivity index (χ1n) is 8.74. The van der Waals surface area contributed by atoms with Crippen LogP contribution in [0.4, 0.5) is 0 Å². The molecule has 0 radical (unpaired) electrons. The maximum absolute atomic E-state index is 12.6. The van der Waals surface area contributed by atoms with Crippen molar-refractivity contribution in [1.82, 2.24) is 15.5 Å². The van der Waals surface area contributed by atoms with Gasteiger partial charge in [0.25, 0.3) is 5.91 Å². The van der Waals surface area contributed by atoms with Crippen LogP contribution in [0.2, 0.25) is 0 Å². The van der Waals surface area contributed by atoms with Crippen molar-refractivity contribution in [2.24, 2.45) is 0 Å². The maximum atomic E-state index is 12.6. The number of amides is 1. The lowest BCUT2D eigenvalue weighted by atomic mass is 10.00. The van der Waals surface area contributed by atoms with Crippen molar-refractivity contribution in [3.8, 4) is 5.75 Å². The number of ether oxygens (including phenoxy) is 1. The molecule has 0 saturated heterocycles. The van der Waals surface area contributed by atoms with Gasteiger partial charge in [0.15, 0.2) is 5.82 Å². The Hall–Kier alpha value is -2.80. The summed E-state index contributed by atoms with van der Waals surface area (Å²) in [6, 6.07) is 15.3. The van der Waals surface area contributed by atoms with Crippen molar-refractivity contribution in [2.45, 2.75) is 30.0 Å². The summed E-state index contributed by atoms with van der Waals surface area (Å²) in [5.41, 5.74) is 1.66. The van der Waals surface area contributed by atoms with Crippen molar-refractivity contribution >= 4 is 17.7 Å². The molecule has 3 aromatic rings. The van der Waals surface area contributed by atoms with Crippen molar-refractivity contribution in [1.29, 1.82) is 0 Å². The molecule has 4 rings (SSSR count). The number of aryl methyl sites for hydroxylation is 1. The molecule has 1 amide bonds. The fourth-order valence-electron chi connectivity index (χ4n) is 2.98. The van der Waals surface area contributed by atoms with Crippen LogP contribution in [0.3, 0.4) is 0 Å². The molecule has 2 aromatic carbocycles. The molecular formula is C20H19N3O3S. The highest BCUT2D eigenvalue weighted by atomic mass is 32.2. The highest BCUT2D eigenvalue weighted by Crippen LogP contribution is 2.31. The van der Waals surface area contributed by atoms with Crippen LogP contribution in [0.25, 0.3) is 0 Å². The third-order valence-corrected chi connectivity index (χ3v) is 5.31. The second-order valence-electron chi connectivity index (χ2n) is 6.25. The van der Waals surface area contributed by atoms with Gasteiger partial charge in [-0.05, 0) is 37.3 Å². The minimum atomic E-state index is -0.0826. The average molecular weight is 381 g/mol. The molecule has 1 aliphatic heterocycles. The van der Waals surface area contributed by atoms with Crippen molar-refractivity contribution in [3.05, 3.63) is 71.4 Å². The smallest absolute Gasteiger partial charge is 0.251 e. The summed E-state index contributed by atoms with van der Waals surface area (Å²) in [7, 11) is 0. The lowest BCUT2D eigenvalue weighted by Gasteiger charge is -2.26. The second kappa shape index (κ2) is 7.84. The third-order valence-electron chi connectivity index (χ3n) is 4.31. The van der Waals surface area contributed by atoms with Gasteiger partial charge in [0.1, 0.15) is 5.75 Å². The van der Waals surface area contributed by atoms with E-state index in [0.29, 0.717) is 29.6 Å². The van der Waals surface area contributed by atoms with E-state index in [0.717, 1.165) is 22.6 Å². The number of fused-ring (bicyclic) bond motifs is 1. The highest BCUT2D eigenvalue weighted by Gasteiger charge is 2.23. The summed E-state index contributed by atoms with van der Waals surface area (Å²) in [5.74, 6) is 2.59. The van der Waals surface area contributed by atoms with E-state index in [1.807, 2.05) is 48.5 Å². The van der Waals surface area contributed by atoms with E-state index < -0.39 is 0 Å². The van der Waals surface area contributed by atoms with Gasteiger partial charge in [0.05, 0.1) is 18.4 Å². The van der Waals surface area contributed by atoms with Gasteiger partial charge in [-0.3, -0.25) is 4.79 Å². The van der Waals surface area contributed by atoms with E-state index in [4.69, 9.17) is 9.26 Å². The number of aromatic nitrogens is 2. The standard InChI is InChI=1S/C20H19N3O3S/c1-13-21-19(26-23-13)12-27-15-8-6-14(7-9-15)20(24)22-17-10-11-25-18-5-3-2-4-16(17)18/h2-9,17H,10-12H2,1H3,(H,22,24). The quantitative estimate of drug-likeness (QED) is 0.675. The first-order valence-corrected chi connectivity index (χ1v) is 9.72. The predicted octanol–water partition coefficient (Wildman–Crippen LogP) is 3.92. The van der Waals surface area contributed by atoms with Crippen LogP contribution in [0, 0.1) is 6.92 Å². The van der Waals surface area contributed by atoms with E-state index in [1.54, 1.807) is 18.7 Å². The van der Waals surface area contributed by atoms with Gasteiger partial charge in [0.2, 0.25) is 5.89 Å². The Bertz CT molecular complexity index is 940. The van der Waals surface area contributed by atoms with E-state index >= 15 is 0 Å². The monoisotopic (exact) mass is 381 g/mol. The first kappa shape index (κ1) is 17.6. The zero-order chi connectivity index (χ0) is 18.6. The van der Waals surface area contributed by atoms with Crippen molar-refractivity contribution in [2.75, 3.05) is 6.61 Å². The fraction of sp³-hybridized carbons (Fsp3) is 0.250. The highest BCUT2D eigenvalue weighted by molar-refractivity contribution is 7.98. The minimum Gasteiger partial charge on any atom is -0.493 e. The van der Waals surface area contributed by atoms with Gasteiger partial charge in [-0.25, -0.2) is 0 Å². The zero-order valence-corrected chi connectivity index (χ0v) is 15.7. The molecule has 2 heterocycles. The molecular weight excluding hydrogens is 362 g/mol. The Balaban J connectivity index is 1.38. The molecule has 0 saturated carbocycles. The predicted molar refractivity (Wildman–Crippen MR) is 102 cm³/mol. The molecule has 138 valence electrons. The summed E-state index contributed by atoms with van der Waals surface area (Å²) < 4.78 is 10.8. The SMILES string of the molecule is Cc1noc(CSc2ccc(C(=O)NC3CCOc4ccccc43)cc2)n1. The molecule has 1 unspecified atom stereocenters. The van der Waals surface area contributed by atoms with Crippen LogP contribution in [0.15, 0.2) is 57.9 Å². The molecule has 1 aliphatic rings. The number of rotatable bonds is 5. The lowest BCUT2D eigenvalue weighted by molar-refractivity contribution is 0.0924. The Labute approximate surface area is 161 Å². The Morgan fingerprint density at radius 3 is 2.81 bits per heavy atom. The number of para-hydroxylation sites is 1. The zero-order valence-electron chi connectivity index (χ0n) is 14.8. The Kier molecular flexibility index (Phi) is 5.11. The number of benzene rings is 2. The summed E-state index contributed by atoms with van der Waals surface area (Å²) >= 11 is 1.59. The number of nitrogens with zero attached hydrogens (tertiary/aromatic N) is 2. The van der Waals surface area contributed by atoms with Gasteiger partial charge < -0.3 is 14.6 Å². The molecule has 0 spiro atoms. The molecule has 0 aliphatic carbocycles. The Morgan fingerprint density at radius 1 is 1.22 bits per heavy atom. The summed E-state index contributed by atoms with van der Waals surface area (Å²) in [6.45, 7) is 2.40. The van der Waals surface area contributed by atoms with E-state index in [1.165, 1.54) is 0 Å². The third kappa shape index (κ3) is 4.14. The average Bonchev–Trinajstić information content (AvgIpc) is 3.12. The second-order valence-corrected chi connectivity index (χ2v) is 7.30. The molecule has 27 heavy (non-hydrogen) atoms. The summed E-state index contributed by atoms with van der Waals surface area (Å²) in [6.07, 6.45) is 0.764. The van der Waals surface area contributed by atoms with Crippen molar-refractivity contribution < 1.29 is 14.1 Å². The molecule has 1 aromatic heterocycles. The molecule has 1 N–H and O–H groups in total. The molecule has 0 bridgehead atoms. The van der Waals surface area contributed by atoms with Crippen molar-refractivity contribution in [3.63, 3.8) is 0 Å². The molecule has 6 nitrogen and oxygen atoms in total. The fourth-order valence-corrected chi connectivity index (χ4v) is 3.72. The van der Waals surface area contributed by atoms with Gasteiger partial charge in [-0.1, -0.05) is 23.4 Å². The van der Waals surface area contributed by atoms with E-state index in [-0.39, 0.29) is 11.9 Å².